The quantitative estimate of drug-likeness (QED) is 0.423. The lowest BCUT2D eigenvalue weighted by Crippen LogP contribution is -2.43. The fourth-order valence-electron chi connectivity index (χ4n) is 4.06. The van der Waals surface area contributed by atoms with Crippen molar-refractivity contribution >= 4 is 33.9 Å². The van der Waals surface area contributed by atoms with Gasteiger partial charge < -0.3 is 15.5 Å². The van der Waals surface area contributed by atoms with Crippen molar-refractivity contribution in [2.24, 2.45) is 0 Å². The predicted octanol–water partition coefficient (Wildman–Crippen LogP) is 3.70. The molecule has 0 saturated carbocycles. The summed E-state index contributed by atoms with van der Waals surface area (Å²) >= 11 is 0. The fraction of sp³-hybridized carbons (Fsp3) is 0.240. The molecule has 1 aliphatic heterocycles. The maximum Gasteiger partial charge on any atom is 0.275 e. The largest absolute Gasteiger partial charge is 0.352 e. The van der Waals surface area contributed by atoms with Crippen LogP contribution in [0.1, 0.15) is 16.1 Å². The number of aromatic nitrogens is 3. The van der Waals surface area contributed by atoms with Gasteiger partial charge >= 0.3 is 0 Å². The van der Waals surface area contributed by atoms with Gasteiger partial charge in [0.25, 0.3) is 5.91 Å². The summed E-state index contributed by atoms with van der Waals surface area (Å²) in [6.07, 6.45) is 3.36. The van der Waals surface area contributed by atoms with E-state index in [2.05, 4.69) is 54.8 Å². The number of anilines is 3. The number of hydrogen-bond acceptors (Lipinski definition) is 6. The van der Waals surface area contributed by atoms with E-state index in [1.165, 1.54) is 5.56 Å². The van der Waals surface area contributed by atoms with Crippen LogP contribution in [0.4, 0.5) is 17.1 Å². The summed E-state index contributed by atoms with van der Waals surface area (Å²) in [6.45, 7) is 5.29. The zero-order chi connectivity index (χ0) is 22.6. The number of para-hydroxylation sites is 1. The van der Waals surface area contributed by atoms with Crippen molar-refractivity contribution in [3.63, 3.8) is 0 Å². The number of likely N-dealkylation sites (N-methyl/N-ethyl adjacent to an activating group) is 1. The average molecular weight is 442 g/mol. The number of pyridine rings is 1. The topological polar surface area (TPSA) is 89.2 Å². The first-order valence-electron chi connectivity index (χ1n) is 11.1. The number of nitrogens with zero attached hydrogens (tertiary/aromatic N) is 4. The highest BCUT2D eigenvalue weighted by molar-refractivity contribution is 6.07. The fourth-order valence-corrected chi connectivity index (χ4v) is 4.06. The molecule has 0 radical (unpaired) electrons. The van der Waals surface area contributed by atoms with Gasteiger partial charge in [-0.1, -0.05) is 30.3 Å². The monoisotopic (exact) mass is 441 g/mol. The number of benzene rings is 2. The Labute approximate surface area is 192 Å². The second-order valence-electron chi connectivity index (χ2n) is 8.39. The number of aromatic amines is 1. The van der Waals surface area contributed by atoms with Crippen LogP contribution in [-0.4, -0.2) is 64.1 Å². The van der Waals surface area contributed by atoms with Crippen LogP contribution in [0.5, 0.6) is 0 Å². The minimum atomic E-state index is -0.250. The van der Waals surface area contributed by atoms with Crippen molar-refractivity contribution in [3.8, 4) is 0 Å². The van der Waals surface area contributed by atoms with Crippen LogP contribution in [0, 0.1) is 0 Å². The molecular weight excluding hydrogens is 414 g/mol. The lowest BCUT2D eigenvalue weighted by atomic mass is 10.1. The van der Waals surface area contributed by atoms with E-state index >= 15 is 0 Å². The predicted molar refractivity (Wildman–Crippen MR) is 131 cm³/mol. The SMILES string of the molecule is CN1CCN(Cc2ccc(NC(=O)c3[nH]ncc3Nc3ccnc4ccccc34)cc2)CC1. The van der Waals surface area contributed by atoms with Gasteiger partial charge in [0.1, 0.15) is 5.69 Å². The average Bonchev–Trinajstić information content (AvgIpc) is 3.30. The summed E-state index contributed by atoms with van der Waals surface area (Å²) in [5.41, 5.74) is 4.72. The number of amides is 1. The van der Waals surface area contributed by atoms with Gasteiger partial charge in [-0.3, -0.25) is 19.8 Å². The normalized spacial score (nSPS) is 14.9. The van der Waals surface area contributed by atoms with E-state index in [-0.39, 0.29) is 5.91 Å². The molecule has 0 spiro atoms. The van der Waals surface area contributed by atoms with E-state index in [0.29, 0.717) is 11.4 Å². The van der Waals surface area contributed by atoms with Crippen LogP contribution in [0.2, 0.25) is 0 Å². The molecule has 2 aromatic carbocycles. The second kappa shape index (κ2) is 9.40. The van der Waals surface area contributed by atoms with Gasteiger partial charge in [0, 0.05) is 55.7 Å². The van der Waals surface area contributed by atoms with Gasteiger partial charge in [0.2, 0.25) is 0 Å². The Morgan fingerprint density at radius 3 is 2.61 bits per heavy atom. The molecule has 1 amide bonds. The van der Waals surface area contributed by atoms with E-state index in [1.807, 2.05) is 42.5 Å². The summed E-state index contributed by atoms with van der Waals surface area (Å²) in [6, 6.07) is 17.8. The van der Waals surface area contributed by atoms with Crippen LogP contribution in [0.3, 0.4) is 0 Å². The number of carbonyl (C=O) groups excluding carboxylic acids is 1. The molecule has 168 valence electrons. The first-order valence-corrected chi connectivity index (χ1v) is 11.1. The van der Waals surface area contributed by atoms with Crippen LogP contribution in [0.15, 0.2) is 67.0 Å². The molecule has 8 nitrogen and oxygen atoms in total. The molecule has 3 heterocycles. The van der Waals surface area contributed by atoms with E-state index < -0.39 is 0 Å². The lowest BCUT2D eigenvalue weighted by molar-refractivity contribution is 0.102. The number of carbonyl (C=O) groups is 1. The Bertz CT molecular complexity index is 1240. The summed E-state index contributed by atoms with van der Waals surface area (Å²) in [5.74, 6) is -0.250. The molecule has 0 bridgehead atoms. The maximum absolute atomic E-state index is 12.9. The molecule has 2 aromatic heterocycles. The Hall–Kier alpha value is -3.75. The second-order valence-corrected chi connectivity index (χ2v) is 8.39. The molecule has 4 aromatic rings. The Balaban J connectivity index is 1.25. The van der Waals surface area contributed by atoms with Crippen molar-refractivity contribution in [3.05, 3.63) is 78.2 Å². The lowest BCUT2D eigenvalue weighted by Gasteiger charge is -2.32. The first kappa shape index (κ1) is 21.1. The van der Waals surface area contributed by atoms with Crippen molar-refractivity contribution in [2.45, 2.75) is 6.54 Å². The summed E-state index contributed by atoms with van der Waals surface area (Å²) < 4.78 is 0. The highest BCUT2D eigenvalue weighted by atomic mass is 16.2. The molecule has 1 fully saturated rings. The molecule has 0 atom stereocenters. The first-order chi connectivity index (χ1) is 16.2. The van der Waals surface area contributed by atoms with Crippen molar-refractivity contribution in [1.82, 2.24) is 25.0 Å². The van der Waals surface area contributed by atoms with E-state index in [1.54, 1.807) is 12.4 Å². The number of nitrogens with one attached hydrogen (secondary N) is 3. The number of piperazine rings is 1. The molecule has 0 aliphatic carbocycles. The van der Waals surface area contributed by atoms with Gasteiger partial charge in [0.15, 0.2) is 0 Å². The van der Waals surface area contributed by atoms with Gasteiger partial charge in [-0.05, 0) is 36.9 Å². The third-order valence-electron chi connectivity index (χ3n) is 6.00. The van der Waals surface area contributed by atoms with Gasteiger partial charge in [-0.25, -0.2) is 0 Å². The number of hydrogen-bond donors (Lipinski definition) is 3. The van der Waals surface area contributed by atoms with Gasteiger partial charge in [-0.2, -0.15) is 5.10 Å². The number of fused-ring (bicyclic) bond motifs is 1. The smallest absolute Gasteiger partial charge is 0.275 e. The third kappa shape index (κ3) is 4.87. The van der Waals surface area contributed by atoms with Crippen molar-refractivity contribution in [2.75, 3.05) is 43.9 Å². The highest BCUT2D eigenvalue weighted by Gasteiger charge is 2.16. The summed E-state index contributed by atoms with van der Waals surface area (Å²) in [5, 5.41) is 14.1. The van der Waals surface area contributed by atoms with Crippen molar-refractivity contribution < 1.29 is 4.79 Å². The van der Waals surface area contributed by atoms with Crippen LogP contribution in [-0.2, 0) is 6.54 Å². The van der Waals surface area contributed by atoms with Crippen LogP contribution in [0.25, 0.3) is 10.9 Å². The molecule has 3 N–H and O–H groups in total. The van der Waals surface area contributed by atoms with E-state index in [9.17, 15) is 4.79 Å². The zero-order valence-corrected chi connectivity index (χ0v) is 18.6. The van der Waals surface area contributed by atoms with Gasteiger partial charge in [0.05, 0.1) is 17.4 Å². The van der Waals surface area contributed by atoms with Crippen LogP contribution >= 0.6 is 0 Å². The molecule has 33 heavy (non-hydrogen) atoms. The molecule has 1 aliphatic rings. The zero-order valence-electron chi connectivity index (χ0n) is 18.6. The molecule has 8 heteroatoms. The number of rotatable bonds is 6. The molecule has 5 rings (SSSR count). The molecule has 1 saturated heterocycles. The Morgan fingerprint density at radius 1 is 1.00 bits per heavy atom. The maximum atomic E-state index is 12.9. The molecular formula is C25H27N7O. The summed E-state index contributed by atoms with van der Waals surface area (Å²) in [4.78, 5) is 22.1. The minimum absolute atomic E-state index is 0.250. The minimum Gasteiger partial charge on any atom is -0.352 e. The Morgan fingerprint density at radius 2 is 1.79 bits per heavy atom. The van der Waals surface area contributed by atoms with Gasteiger partial charge in [-0.15, -0.1) is 0 Å². The highest BCUT2D eigenvalue weighted by Crippen LogP contribution is 2.26. The number of H-pyrrole nitrogens is 1. The standard InChI is InChI=1S/C25H27N7O/c1-31-12-14-32(15-13-31)17-18-6-8-19(9-7-18)28-25(33)24-23(16-27-30-24)29-22-10-11-26-21-5-3-2-4-20(21)22/h2-11,16H,12-15,17H2,1H3,(H,26,29)(H,27,30)(H,28,33). The van der Waals surface area contributed by atoms with E-state index in [4.69, 9.17) is 0 Å². The summed E-state index contributed by atoms with van der Waals surface area (Å²) in [7, 11) is 2.16. The Kier molecular flexibility index (Phi) is 6.01. The van der Waals surface area contributed by atoms with Crippen molar-refractivity contribution in [1.29, 1.82) is 0 Å². The van der Waals surface area contributed by atoms with E-state index in [0.717, 1.165) is 55.0 Å². The molecule has 0 unspecified atom stereocenters. The third-order valence-corrected chi connectivity index (χ3v) is 6.00. The van der Waals surface area contributed by atoms with Crippen LogP contribution < -0.4 is 10.6 Å².